The maximum absolute atomic E-state index is 12.5. The van der Waals surface area contributed by atoms with E-state index in [0.29, 0.717) is 12.1 Å². The maximum atomic E-state index is 12.5. The number of hydrogen-bond donors (Lipinski definition) is 1. The Bertz CT molecular complexity index is 1210. The van der Waals surface area contributed by atoms with Gasteiger partial charge in [-0.1, -0.05) is 6.07 Å². The molecule has 0 saturated carbocycles. The Morgan fingerprint density at radius 1 is 1.15 bits per heavy atom. The van der Waals surface area contributed by atoms with E-state index in [2.05, 4.69) is 9.97 Å². The van der Waals surface area contributed by atoms with Gasteiger partial charge in [-0.25, -0.2) is 14.8 Å². The van der Waals surface area contributed by atoms with Crippen LogP contribution in [0.2, 0.25) is 0 Å². The summed E-state index contributed by atoms with van der Waals surface area (Å²) in [5, 5.41) is 2.60. The zero-order valence-electron chi connectivity index (χ0n) is 14.2. The van der Waals surface area contributed by atoms with Crippen molar-refractivity contribution >= 4 is 22.8 Å². The minimum atomic E-state index is -0.462. The molecule has 0 radical (unpaired) electrons. The average molecular weight is 368 g/mol. The number of nitrogens with zero attached hydrogens (tertiary/aromatic N) is 5. The number of imidazole rings is 1. The lowest BCUT2D eigenvalue weighted by atomic mass is 10.2. The van der Waals surface area contributed by atoms with Gasteiger partial charge in [0.25, 0.3) is 5.56 Å². The first-order chi connectivity index (χ1) is 12.5. The summed E-state index contributed by atoms with van der Waals surface area (Å²) in [5.74, 6) is 0.114. The Morgan fingerprint density at radius 2 is 1.96 bits per heavy atom. The van der Waals surface area contributed by atoms with E-state index in [1.165, 1.54) is 30.0 Å². The lowest BCUT2D eigenvalue weighted by molar-refractivity contribution is 0.696. The van der Waals surface area contributed by atoms with E-state index in [1.54, 1.807) is 5.38 Å². The zero-order valence-corrected chi connectivity index (χ0v) is 15.0. The van der Waals surface area contributed by atoms with Crippen LogP contribution in [0, 0.1) is 0 Å². The summed E-state index contributed by atoms with van der Waals surface area (Å²) < 4.78 is 4.23. The minimum Gasteiger partial charge on any atom is -0.384 e. The first-order valence-electron chi connectivity index (χ1n) is 7.88. The van der Waals surface area contributed by atoms with Crippen molar-refractivity contribution in [3.05, 3.63) is 67.5 Å². The predicted molar refractivity (Wildman–Crippen MR) is 100 cm³/mol. The molecule has 8 nitrogen and oxygen atoms in total. The standard InChI is InChI=1S/C17H16N6O2S/c1-21-15(18)14(16(24)22(2)17(21)25)11-9-26-13(20-11)7-10-8-23-6-4-3-5-12(23)19-10/h3-6,8-9H,7,18H2,1-2H3. The van der Waals surface area contributed by atoms with E-state index in [-0.39, 0.29) is 11.4 Å². The highest BCUT2D eigenvalue weighted by molar-refractivity contribution is 7.10. The molecule has 0 amide bonds. The summed E-state index contributed by atoms with van der Waals surface area (Å²) in [6.07, 6.45) is 4.45. The third-order valence-corrected chi connectivity index (χ3v) is 5.11. The van der Waals surface area contributed by atoms with Gasteiger partial charge in [0.05, 0.1) is 16.4 Å². The van der Waals surface area contributed by atoms with E-state index in [1.807, 2.05) is 35.0 Å². The Kier molecular flexibility index (Phi) is 3.73. The topological polar surface area (TPSA) is 100 Å². The van der Waals surface area contributed by atoms with E-state index in [9.17, 15) is 9.59 Å². The summed E-state index contributed by atoms with van der Waals surface area (Å²) in [6, 6.07) is 5.82. The number of nitrogens with two attached hydrogens (primary N) is 1. The molecule has 4 aromatic rings. The van der Waals surface area contributed by atoms with Crippen LogP contribution in [0.1, 0.15) is 10.7 Å². The molecule has 132 valence electrons. The molecule has 0 aliphatic heterocycles. The lowest BCUT2D eigenvalue weighted by Crippen LogP contribution is -2.39. The number of hydrogen-bond acceptors (Lipinski definition) is 6. The lowest BCUT2D eigenvalue weighted by Gasteiger charge is -2.09. The van der Waals surface area contributed by atoms with Crippen LogP contribution < -0.4 is 17.0 Å². The molecule has 0 atom stereocenters. The second-order valence-corrected chi connectivity index (χ2v) is 6.91. The molecule has 0 spiro atoms. The maximum Gasteiger partial charge on any atom is 0.332 e. The molecular formula is C17H16N6O2S. The highest BCUT2D eigenvalue weighted by Crippen LogP contribution is 2.24. The number of anilines is 1. The van der Waals surface area contributed by atoms with E-state index >= 15 is 0 Å². The van der Waals surface area contributed by atoms with Gasteiger partial charge in [-0.15, -0.1) is 11.3 Å². The van der Waals surface area contributed by atoms with Crippen LogP contribution in [0.3, 0.4) is 0 Å². The molecule has 0 bridgehead atoms. The summed E-state index contributed by atoms with van der Waals surface area (Å²) in [6.45, 7) is 0. The minimum absolute atomic E-state index is 0.114. The molecule has 0 unspecified atom stereocenters. The Morgan fingerprint density at radius 3 is 2.73 bits per heavy atom. The molecule has 4 rings (SSSR count). The molecule has 4 aromatic heterocycles. The number of fused-ring (bicyclic) bond motifs is 1. The first-order valence-corrected chi connectivity index (χ1v) is 8.76. The van der Waals surface area contributed by atoms with Gasteiger partial charge < -0.3 is 10.1 Å². The van der Waals surface area contributed by atoms with Crippen molar-refractivity contribution in [2.24, 2.45) is 14.1 Å². The molecule has 0 aliphatic rings. The van der Waals surface area contributed by atoms with Crippen molar-refractivity contribution in [1.82, 2.24) is 23.5 Å². The Hall–Kier alpha value is -3.20. The molecule has 0 fully saturated rings. The molecule has 0 aliphatic carbocycles. The fourth-order valence-electron chi connectivity index (χ4n) is 2.83. The third-order valence-electron chi connectivity index (χ3n) is 4.26. The van der Waals surface area contributed by atoms with Crippen LogP contribution in [0.4, 0.5) is 5.82 Å². The summed E-state index contributed by atoms with van der Waals surface area (Å²) in [7, 11) is 2.96. The van der Waals surface area contributed by atoms with Gasteiger partial charge in [0.15, 0.2) is 0 Å². The molecule has 26 heavy (non-hydrogen) atoms. The fourth-order valence-corrected chi connectivity index (χ4v) is 3.64. The number of pyridine rings is 1. The quantitative estimate of drug-likeness (QED) is 0.582. The second kappa shape index (κ2) is 5.95. The van der Waals surface area contributed by atoms with Crippen LogP contribution in [0.25, 0.3) is 16.9 Å². The second-order valence-electron chi connectivity index (χ2n) is 5.97. The molecule has 0 saturated heterocycles. The Balaban J connectivity index is 1.73. The molecule has 0 aromatic carbocycles. The van der Waals surface area contributed by atoms with Crippen LogP contribution in [0.15, 0.2) is 45.6 Å². The van der Waals surface area contributed by atoms with Gasteiger partial charge in [0.2, 0.25) is 0 Å². The van der Waals surface area contributed by atoms with Crippen molar-refractivity contribution in [2.45, 2.75) is 6.42 Å². The van der Waals surface area contributed by atoms with Crippen LogP contribution >= 0.6 is 11.3 Å². The Labute approximate surface area is 151 Å². The van der Waals surface area contributed by atoms with Crippen molar-refractivity contribution in [3.8, 4) is 11.3 Å². The average Bonchev–Trinajstić information content (AvgIpc) is 3.25. The summed E-state index contributed by atoms with van der Waals surface area (Å²) in [4.78, 5) is 33.5. The van der Waals surface area contributed by atoms with E-state index < -0.39 is 11.2 Å². The normalized spacial score (nSPS) is 11.3. The fraction of sp³-hybridized carbons (Fsp3) is 0.176. The zero-order chi connectivity index (χ0) is 18.4. The van der Waals surface area contributed by atoms with E-state index in [4.69, 9.17) is 5.73 Å². The van der Waals surface area contributed by atoms with Gasteiger partial charge in [0.1, 0.15) is 17.0 Å². The highest BCUT2D eigenvalue weighted by Gasteiger charge is 2.18. The summed E-state index contributed by atoms with van der Waals surface area (Å²) in [5.41, 5.74) is 7.56. The smallest absolute Gasteiger partial charge is 0.332 e. The van der Waals surface area contributed by atoms with Gasteiger partial charge in [-0.2, -0.15) is 0 Å². The third kappa shape index (κ3) is 2.53. The van der Waals surface area contributed by atoms with Gasteiger partial charge in [-0.3, -0.25) is 13.9 Å². The van der Waals surface area contributed by atoms with Crippen LogP contribution in [-0.2, 0) is 20.5 Å². The van der Waals surface area contributed by atoms with Crippen molar-refractivity contribution in [3.63, 3.8) is 0 Å². The number of nitrogen functional groups attached to an aromatic ring is 1. The summed E-state index contributed by atoms with van der Waals surface area (Å²) >= 11 is 1.43. The highest BCUT2D eigenvalue weighted by atomic mass is 32.1. The SMILES string of the molecule is Cn1c(N)c(-c2csc(Cc3cn4ccccc4n3)n2)c(=O)n(C)c1=O. The monoisotopic (exact) mass is 368 g/mol. The van der Waals surface area contributed by atoms with Gasteiger partial charge in [0, 0.05) is 38.3 Å². The van der Waals surface area contributed by atoms with Crippen molar-refractivity contribution in [1.29, 1.82) is 0 Å². The number of rotatable bonds is 3. The van der Waals surface area contributed by atoms with Crippen LogP contribution in [-0.4, -0.2) is 23.5 Å². The first kappa shape index (κ1) is 16.3. The molecular weight excluding hydrogens is 352 g/mol. The number of aromatic nitrogens is 5. The van der Waals surface area contributed by atoms with Gasteiger partial charge in [-0.05, 0) is 12.1 Å². The van der Waals surface area contributed by atoms with Crippen LogP contribution in [0.5, 0.6) is 0 Å². The van der Waals surface area contributed by atoms with Crippen molar-refractivity contribution in [2.75, 3.05) is 5.73 Å². The molecule has 9 heteroatoms. The van der Waals surface area contributed by atoms with E-state index in [0.717, 1.165) is 20.9 Å². The molecule has 4 heterocycles. The predicted octanol–water partition coefficient (Wildman–Crippen LogP) is 1.03. The largest absolute Gasteiger partial charge is 0.384 e. The number of thiazole rings is 1. The van der Waals surface area contributed by atoms with Crippen molar-refractivity contribution < 1.29 is 0 Å². The molecule has 2 N–H and O–H groups in total. The van der Waals surface area contributed by atoms with Gasteiger partial charge >= 0.3 is 5.69 Å².